The van der Waals surface area contributed by atoms with Gasteiger partial charge in [0.25, 0.3) is 0 Å². The lowest BCUT2D eigenvalue weighted by Gasteiger charge is -2.17. The molecule has 0 fully saturated rings. The number of rotatable bonds is 8. The largest absolute Gasteiger partial charge is 0.496 e. The van der Waals surface area contributed by atoms with Gasteiger partial charge in [0, 0.05) is 28.8 Å². The smallest absolute Gasteiger partial charge is 0.231 e. The molecule has 3 rings (SSSR count). The third-order valence-corrected chi connectivity index (χ3v) is 6.89. The highest BCUT2D eigenvalue weighted by Gasteiger charge is 2.23. The number of aromatic nitrogens is 2. The number of ether oxygens (including phenoxy) is 1. The fraction of sp³-hybridized carbons (Fsp3) is 0.238. The second-order valence-electron chi connectivity index (χ2n) is 6.07. The molecule has 0 spiro atoms. The van der Waals surface area contributed by atoms with Crippen molar-refractivity contribution in [3.8, 4) is 17.0 Å². The molecule has 3 aromatic rings. The third kappa shape index (κ3) is 4.41. The molecule has 1 atom stereocenters. The number of anilines is 2. The van der Waals surface area contributed by atoms with E-state index in [2.05, 4.69) is 15.3 Å². The van der Waals surface area contributed by atoms with Gasteiger partial charge in [0.1, 0.15) is 17.9 Å². The van der Waals surface area contributed by atoms with Crippen LogP contribution in [0.15, 0.2) is 60.9 Å². The molecule has 2 aromatic carbocycles. The second-order valence-corrected chi connectivity index (χ2v) is 8.83. The maximum atomic E-state index is 13.0. The lowest BCUT2D eigenvalue weighted by atomic mass is 10.1. The second kappa shape index (κ2) is 9.00. The molecule has 0 aliphatic heterocycles. The van der Waals surface area contributed by atoms with E-state index in [9.17, 15) is 4.57 Å². The predicted octanol–water partition coefficient (Wildman–Crippen LogP) is 4.86. The van der Waals surface area contributed by atoms with Gasteiger partial charge in [-0.1, -0.05) is 25.1 Å². The van der Waals surface area contributed by atoms with Crippen LogP contribution in [-0.2, 0) is 9.09 Å². The summed E-state index contributed by atoms with van der Waals surface area (Å²) in [7, 11) is -1.21. The minimum atomic E-state index is -2.84. The summed E-state index contributed by atoms with van der Waals surface area (Å²) in [4.78, 5) is 8.66. The number of para-hydroxylation sites is 1. The Labute approximate surface area is 165 Å². The van der Waals surface area contributed by atoms with Gasteiger partial charge in [-0.25, -0.2) is 9.97 Å². The summed E-state index contributed by atoms with van der Waals surface area (Å²) in [5.41, 5.74) is 2.42. The molecule has 146 valence electrons. The van der Waals surface area contributed by atoms with Crippen LogP contribution < -0.4 is 15.4 Å². The number of benzene rings is 2. The molecular formula is C21H24N3O3P. The Bertz CT molecular complexity index is 994. The van der Waals surface area contributed by atoms with Crippen molar-refractivity contribution in [1.82, 2.24) is 9.97 Å². The van der Waals surface area contributed by atoms with Crippen molar-refractivity contribution in [2.75, 3.05) is 25.2 Å². The summed E-state index contributed by atoms with van der Waals surface area (Å²) in [5.74, 6) is 1.38. The van der Waals surface area contributed by atoms with Gasteiger partial charge in [-0.2, -0.15) is 0 Å². The fourth-order valence-electron chi connectivity index (χ4n) is 2.93. The third-order valence-electron chi connectivity index (χ3n) is 4.32. The number of hydrogen-bond acceptors (Lipinski definition) is 6. The van der Waals surface area contributed by atoms with Gasteiger partial charge < -0.3 is 14.6 Å². The van der Waals surface area contributed by atoms with Crippen molar-refractivity contribution in [2.45, 2.75) is 13.8 Å². The molecule has 28 heavy (non-hydrogen) atoms. The van der Waals surface area contributed by atoms with Crippen LogP contribution in [0.1, 0.15) is 13.8 Å². The maximum absolute atomic E-state index is 13.0. The molecule has 0 saturated heterocycles. The lowest BCUT2D eigenvalue weighted by molar-refractivity contribution is 0.341. The Morgan fingerprint density at radius 2 is 1.86 bits per heavy atom. The van der Waals surface area contributed by atoms with Crippen LogP contribution in [0.2, 0.25) is 0 Å². The van der Waals surface area contributed by atoms with E-state index in [4.69, 9.17) is 9.26 Å². The van der Waals surface area contributed by atoms with Gasteiger partial charge in [-0.05, 0) is 37.3 Å². The molecule has 0 aliphatic rings. The van der Waals surface area contributed by atoms with Crippen molar-refractivity contribution in [3.05, 3.63) is 60.9 Å². The van der Waals surface area contributed by atoms with Crippen molar-refractivity contribution in [3.63, 3.8) is 0 Å². The van der Waals surface area contributed by atoms with E-state index in [0.29, 0.717) is 23.9 Å². The van der Waals surface area contributed by atoms with Crippen LogP contribution in [-0.4, -0.2) is 29.8 Å². The normalized spacial score (nSPS) is 13.0. The highest BCUT2D eigenvalue weighted by Crippen LogP contribution is 2.45. The molecule has 0 bridgehead atoms. The van der Waals surface area contributed by atoms with Crippen molar-refractivity contribution < 1.29 is 13.8 Å². The van der Waals surface area contributed by atoms with Crippen LogP contribution in [0.25, 0.3) is 11.3 Å². The monoisotopic (exact) mass is 397 g/mol. The first-order valence-corrected chi connectivity index (χ1v) is 11.0. The zero-order valence-electron chi connectivity index (χ0n) is 16.3. The summed E-state index contributed by atoms with van der Waals surface area (Å²) in [5, 5.41) is 3.96. The number of hydrogen-bond donors (Lipinski definition) is 1. The summed E-state index contributed by atoms with van der Waals surface area (Å²) < 4.78 is 24.0. The summed E-state index contributed by atoms with van der Waals surface area (Å²) in [6, 6.07) is 17.0. The van der Waals surface area contributed by atoms with E-state index in [-0.39, 0.29) is 0 Å². The molecule has 1 unspecified atom stereocenters. The average molecular weight is 397 g/mol. The van der Waals surface area contributed by atoms with Crippen LogP contribution in [0.4, 0.5) is 11.5 Å². The summed E-state index contributed by atoms with van der Waals surface area (Å²) >= 11 is 0. The summed E-state index contributed by atoms with van der Waals surface area (Å²) in [6.07, 6.45) is 1.96. The first-order valence-electron chi connectivity index (χ1n) is 9.16. The summed E-state index contributed by atoms with van der Waals surface area (Å²) in [6.45, 7) is 4.14. The maximum Gasteiger partial charge on any atom is 0.231 e. The quantitative estimate of drug-likeness (QED) is 0.548. The molecule has 0 radical (unpaired) electrons. The highest BCUT2D eigenvalue weighted by molar-refractivity contribution is 7.66. The van der Waals surface area contributed by atoms with E-state index < -0.39 is 7.37 Å². The van der Waals surface area contributed by atoms with Crippen molar-refractivity contribution >= 4 is 24.2 Å². The van der Waals surface area contributed by atoms with Crippen LogP contribution >= 0.6 is 7.37 Å². The van der Waals surface area contributed by atoms with Crippen molar-refractivity contribution in [2.24, 2.45) is 0 Å². The standard InChI is InChI=1S/C21H24N3O3P/c1-4-27-28(25,5-2)17-10-8-9-16(13-17)24-21-14-19(22-15-23-21)18-11-6-7-12-20(18)26-3/h6-15H,4-5H2,1-3H3,(H,22,23,24). The molecule has 7 heteroatoms. The van der Waals surface area contributed by atoms with Gasteiger partial charge in [0.05, 0.1) is 19.4 Å². The van der Waals surface area contributed by atoms with E-state index in [1.165, 1.54) is 6.33 Å². The van der Waals surface area contributed by atoms with Crippen molar-refractivity contribution in [1.29, 1.82) is 0 Å². The molecule has 0 amide bonds. The molecule has 6 nitrogen and oxygen atoms in total. The number of nitrogens with zero attached hydrogens (tertiary/aromatic N) is 2. The first-order chi connectivity index (χ1) is 13.6. The van der Waals surface area contributed by atoms with Gasteiger partial charge >= 0.3 is 0 Å². The fourth-order valence-corrected chi connectivity index (χ4v) is 4.69. The van der Waals surface area contributed by atoms with E-state index in [1.54, 1.807) is 7.11 Å². The molecule has 0 aliphatic carbocycles. The SMILES string of the molecule is CCOP(=O)(CC)c1cccc(Nc2cc(-c3ccccc3OC)ncn2)c1. The molecule has 0 saturated carbocycles. The Morgan fingerprint density at radius 3 is 2.61 bits per heavy atom. The van der Waals surface area contributed by atoms with E-state index in [1.807, 2.05) is 68.4 Å². The Kier molecular flexibility index (Phi) is 6.45. The minimum absolute atomic E-state index is 0.414. The van der Waals surface area contributed by atoms with Gasteiger partial charge in [0.15, 0.2) is 0 Å². The van der Waals surface area contributed by atoms with E-state index >= 15 is 0 Å². The Hall–Kier alpha value is -2.69. The average Bonchev–Trinajstić information content (AvgIpc) is 2.74. The Balaban J connectivity index is 1.89. The molecular weight excluding hydrogens is 373 g/mol. The molecule has 1 heterocycles. The number of methoxy groups -OCH3 is 1. The van der Waals surface area contributed by atoms with Crippen LogP contribution in [0, 0.1) is 0 Å². The van der Waals surface area contributed by atoms with E-state index in [0.717, 1.165) is 22.7 Å². The molecule has 1 aromatic heterocycles. The van der Waals surface area contributed by atoms with Crippen LogP contribution in [0.5, 0.6) is 5.75 Å². The number of nitrogens with one attached hydrogen (secondary N) is 1. The van der Waals surface area contributed by atoms with Gasteiger partial charge in [-0.3, -0.25) is 4.57 Å². The topological polar surface area (TPSA) is 73.3 Å². The Morgan fingerprint density at radius 1 is 1.04 bits per heavy atom. The van der Waals surface area contributed by atoms with Gasteiger partial charge in [-0.15, -0.1) is 0 Å². The first kappa shape index (κ1) is 20.1. The highest BCUT2D eigenvalue weighted by atomic mass is 31.2. The van der Waals surface area contributed by atoms with Crippen LogP contribution in [0.3, 0.4) is 0 Å². The zero-order chi connectivity index (χ0) is 20.0. The zero-order valence-corrected chi connectivity index (χ0v) is 17.1. The lowest BCUT2D eigenvalue weighted by Crippen LogP contribution is -2.10. The van der Waals surface area contributed by atoms with Gasteiger partial charge in [0.2, 0.25) is 7.37 Å². The predicted molar refractivity (Wildman–Crippen MR) is 113 cm³/mol. The molecule has 1 N–H and O–H groups in total. The minimum Gasteiger partial charge on any atom is -0.496 e.